The van der Waals surface area contributed by atoms with E-state index in [-0.39, 0.29) is 23.2 Å². The maximum Gasteiger partial charge on any atom is 0.337 e. The van der Waals surface area contributed by atoms with Crippen molar-refractivity contribution in [2.24, 2.45) is 5.92 Å². The molecule has 0 bridgehead atoms. The molecule has 6 heteroatoms. The number of nitrogens with one attached hydrogen (secondary N) is 1. The van der Waals surface area contributed by atoms with Crippen LogP contribution >= 0.6 is 0 Å². The smallest absolute Gasteiger partial charge is 0.337 e. The van der Waals surface area contributed by atoms with Gasteiger partial charge in [0.15, 0.2) is 0 Å². The molecule has 2 unspecified atom stereocenters. The number of hydrogen-bond acceptors (Lipinski definition) is 3. The fraction of sp³-hybridized carbons (Fsp3) is 0.429. The number of carboxylic acids is 1. The first kappa shape index (κ1) is 12.9. The monoisotopic (exact) mass is 276 g/mol. The fourth-order valence-corrected chi connectivity index (χ4v) is 2.88. The fourth-order valence-electron chi connectivity index (χ4n) is 2.88. The first-order valence-corrected chi connectivity index (χ1v) is 6.64. The molecule has 3 rings (SSSR count). The van der Waals surface area contributed by atoms with E-state index in [2.05, 4.69) is 4.98 Å². The van der Waals surface area contributed by atoms with E-state index in [0.717, 1.165) is 6.42 Å². The lowest BCUT2D eigenvalue weighted by atomic mass is 10.0. The van der Waals surface area contributed by atoms with Gasteiger partial charge in [-0.3, -0.25) is 4.57 Å². The highest BCUT2D eigenvalue weighted by Crippen LogP contribution is 2.28. The Bertz CT molecular complexity index is 710. The third kappa shape index (κ3) is 1.92. The molecule has 20 heavy (non-hydrogen) atoms. The Hall–Kier alpha value is -2.08. The van der Waals surface area contributed by atoms with Gasteiger partial charge in [-0.25, -0.2) is 9.59 Å². The molecule has 1 aliphatic heterocycles. The lowest BCUT2D eigenvalue weighted by Gasteiger charge is -2.19. The molecule has 0 radical (unpaired) electrons. The van der Waals surface area contributed by atoms with Crippen molar-refractivity contribution < 1.29 is 14.6 Å². The van der Waals surface area contributed by atoms with Gasteiger partial charge < -0.3 is 14.8 Å². The molecule has 6 nitrogen and oxygen atoms in total. The van der Waals surface area contributed by atoms with Crippen LogP contribution in [0.15, 0.2) is 23.0 Å². The number of imidazole rings is 1. The van der Waals surface area contributed by atoms with Gasteiger partial charge in [0.05, 0.1) is 23.2 Å². The molecule has 0 spiro atoms. The van der Waals surface area contributed by atoms with Gasteiger partial charge >= 0.3 is 11.7 Å². The highest BCUT2D eigenvalue weighted by atomic mass is 16.5. The summed E-state index contributed by atoms with van der Waals surface area (Å²) in [5.74, 6) is -0.763. The molecular weight excluding hydrogens is 260 g/mol. The van der Waals surface area contributed by atoms with Crippen LogP contribution in [0.3, 0.4) is 0 Å². The molecule has 2 heterocycles. The number of H-pyrrole nitrogens is 1. The standard InChI is InChI=1S/C14H16N2O4/c1-8(9-5-6-20-7-9)16-11-4-2-3-10(13(17)18)12(11)15-14(16)19/h2-4,8-9H,5-7H2,1H3,(H,15,19)(H,17,18). The molecule has 0 amide bonds. The molecule has 1 fully saturated rings. The molecule has 1 aliphatic rings. The Labute approximate surface area is 115 Å². The van der Waals surface area contributed by atoms with Crippen molar-refractivity contribution in [2.75, 3.05) is 13.2 Å². The third-order valence-electron chi connectivity index (χ3n) is 4.04. The van der Waals surface area contributed by atoms with Crippen molar-refractivity contribution in [3.05, 3.63) is 34.2 Å². The number of aromatic amines is 1. The molecule has 2 N–H and O–H groups in total. The van der Waals surface area contributed by atoms with Gasteiger partial charge in [-0.1, -0.05) is 6.07 Å². The van der Waals surface area contributed by atoms with E-state index in [1.807, 2.05) is 6.92 Å². The number of ether oxygens (including phenoxy) is 1. The largest absolute Gasteiger partial charge is 0.478 e. The number of carbonyl (C=O) groups is 1. The zero-order valence-corrected chi connectivity index (χ0v) is 11.1. The van der Waals surface area contributed by atoms with Gasteiger partial charge in [0, 0.05) is 18.6 Å². The van der Waals surface area contributed by atoms with Gasteiger partial charge in [-0.05, 0) is 25.5 Å². The normalized spacial score (nSPS) is 20.4. The zero-order valence-electron chi connectivity index (χ0n) is 11.1. The lowest BCUT2D eigenvalue weighted by molar-refractivity contribution is 0.0699. The van der Waals surface area contributed by atoms with E-state index in [9.17, 15) is 14.7 Å². The summed E-state index contributed by atoms with van der Waals surface area (Å²) >= 11 is 0. The quantitative estimate of drug-likeness (QED) is 0.892. The second kappa shape index (κ2) is 4.79. The summed E-state index contributed by atoms with van der Waals surface area (Å²) in [7, 11) is 0. The summed E-state index contributed by atoms with van der Waals surface area (Å²) in [5.41, 5.74) is 0.867. The number of para-hydroxylation sites is 1. The van der Waals surface area contributed by atoms with E-state index in [1.165, 1.54) is 6.07 Å². The molecule has 1 saturated heterocycles. The number of aromatic nitrogens is 2. The molecule has 0 saturated carbocycles. The SMILES string of the molecule is CC(C1CCOC1)n1c(=O)[nH]c2c(C(=O)O)cccc21. The van der Waals surface area contributed by atoms with Crippen molar-refractivity contribution in [2.45, 2.75) is 19.4 Å². The van der Waals surface area contributed by atoms with Crippen LogP contribution in [0.5, 0.6) is 0 Å². The number of carboxylic acid groups (broad SMARTS) is 1. The number of rotatable bonds is 3. The highest BCUT2D eigenvalue weighted by Gasteiger charge is 2.26. The average molecular weight is 276 g/mol. The number of hydrogen-bond donors (Lipinski definition) is 2. The van der Waals surface area contributed by atoms with Gasteiger partial charge in [0.1, 0.15) is 0 Å². The summed E-state index contributed by atoms with van der Waals surface area (Å²) in [6, 6.07) is 4.90. The van der Waals surface area contributed by atoms with E-state index >= 15 is 0 Å². The molecule has 0 aliphatic carbocycles. The first-order valence-electron chi connectivity index (χ1n) is 6.64. The predicted octanol–water partition coefficient (Wildman–Crippen LogP) is 1.63. The Morgan fingerprint density at radius 2 is 2.35 bits per heavy atom. The molecular formula is C14H16N2O4. The van der Waals surface area contributed by atoms with Crippen molar-refractivity contribution in [3.63, 3.8) is 0 Å². The van der Waals surface area contributed by atoms with Gasteiger partial charge in [-0.2, -0.15) is 0 Å². The number of benzene rings is 1. The number of fused-ring (bicyclic) bond motifs is 1. The summed E-state index contributed by atoms with van der Waals surface area (Å²) in [6.45, 7) is 3.33. The Kier molecular flexibility index (Phi) is 3.10. The minimum absolute atomic E-state index is 0.0252. The molecule has 1 aromatic heterocycles. The van der Waals surface area contributed by atoms with Crippen LogP contribution < -0.4 is 5.69 Å². The van der Waals surface area contributed by atoms with E-state index in [0.29, 0.717) is 24.2 Å². The Morgan fingerprint density at radius 3 is 3.00 bits per heavy atom. The van der Waals surface area contributed by atoms with E-state index in [1.54, 1.807) is 16.7 Å². The van der Waals surface area contributed by atoms with Gasteiger partial charge in [-0.15, -0.1) is 0 Å². The molecule has 2 atom stereocenters. The summed E-state index contributed by atoms with van der Waals surface area (Å²) in [4.78, 5) is 26.1. The van der Waals surface area contributed by atoms with Crippen LogP contribution in [-0.4, -0.2) is 33.8 Å². The summed E-state index contributed by atoms with van der Waals surface area (Å²) in [6.07, 6.45) is 0.916. The van der Waals surface area contributed by atoms with Gasteiger partial charge in [0.2, 0.25) is 0 Å². The molecule has 106 valence electrons. The Balaban J connectivity index is 2.16. The summed E-state index contributed by atoms with van der Waals surface area (Å²) < 4.78 is 7.01. The van der Waals surface area contributed by atoms with Gasteiger partial charge in [0.25, 0.3) is 0 Å². The van der Waals surface area contributed by atoms with Crippen LogP contribution in [0.2, 0.25) is 0 Å². The van der Waals surface area contributed by atoms with Crippen LogP contribution in [-0.2, 0) is 4.74 Å². The third-order valence-corrected chi connectivity index (χ3v) is 4.04. The second-order valence-electron chi connectivity index (χ2n) is 5.17. The van der Waals surface area contributed by atoms with Crippen LogP contribution in [0.4, 0.5) is 0 Å². The predicted molar refractivity (Wildman–Crippen MR) is 73.2 cm³/mol. The van der Waals surface area contributed by atoms with Crippen molar-refractivity contribution in [1.29, 1.82) is 0 Å². The van der Waals surface area contributed by atoms with E-state index < -0.39 is 5.97 Å². The topological polar surface area (TPSA) is 84.3 Å². The van der Waals surface area contributed by atoms with E-state index in [4.69, 9.17) is 4.74 Å². The molecule has 1 aromatic carbocycles. The maximum absolute atomic E-state index is 12.2. The lowest BCUT2D eigenvalue weighted by Crippen LogP contribution is -2.26. The van der Waals surface area contributed by atoms with Crippen LogP contribution in [0.25, 0.3) is 11.0 Å². The highest BCUT2D eigenvalue weighted by molar-refractivity contribution is 6.00. The van der Waals surface area contributed by atoms with Crippen LogP contribution in [0, 0.1) is 5.92 Å². The maximum atomic E-state index is 12.2. The number of aromatic carboxylic acids is 1. The minimum atomic E-state index is -1.04. The first-order chi connectivity index (χ1) is 9.59. The number of nitrogens with zero attached hydrogens (tertiary/aromatic N) is 1. The zero-order chi connectivity index (χ0) is 14.3. The summed E-state index contributed by atoms with van der Waals surface area (Å²) in [5, 5.41) is 9.18. The van der Waals surface area contributed by atoms with Crippen LogP contribution in [0.1, 0.15) is 29.7 Å². The molecule has 2 aromatic rings. The van der Waals surface area contributed by atoms with Crippen molar-refractivity contribution >= 4 is 17.0 Å². The second-order valence-corrected chi connectivity index (χ2v) is 5.17. The Morgan fingerprint density at radius 1 is 1.55 bits per heavy atom. The average Bonchev–Trinajstić information content (AvgIpc) is 3.03. The van der Waals surface area contributed by atoms with Crippen molar-refractivity contribution in [1.82, 2.24) is 9.55 Å². The van der Waals surface area contributed by atoms with Crippen molar-refractivity contribution in [3.8, 4) is 0 Å². The minimum Gasteiger partial charge on any atom is -0.478 e.